The first-order valence-corrected chi connectivity index (χ1v) is 13.5. The number of carbonyl (C=O) groups excluding carboxylic acids is 1. The van der Waals surface area contributed by atoms with Gasteiger partial charge in [-0.05, 0) is 56.0 Å². The summed E-state index contributed by atoms with van der Waals surface area (Å²) in [7, 11) is 0. The van der Waals surface area contributed by atoms with Crippen LogP contribution in [0.15, 0.2) is 78.9 Å². The number of esters is 1. The molecule has 0 spiro atoms. The van der Waals surface area contributed by atoms with Gasteiger partial charge in [0.25, 0.3) is 0 Å². The van der Waals surface area contributed by atoms with E-state index in [1.54, 1.807) is 0 Å². The second-order valence-corrected chi connectivity index (χ2v) is 10.7. The lowest BCUT2D eigenvalue weighted by atomic mass is 9.86. The lowest BCUT2D eigenvalue weighted by Gasteiger charge is -2.44. The van der Waals surface area contributed by atoms with E-state index in [4.69, 9.17) is 14.2 Å². The summed E-state index contributed by atoms with van der Waals surface area (Å²) in [6, 6.07) is 26.5. The number of nitrogens with one attached hydrogen (secondary N) is 1. The summed E-state index contributed by atoms with van der Waals surface area (Å²) in [6.07, 6.45) is 4.12. The fraction of sp³-hybridized carbons (Fsp3) is 0.406. The maximum absolute atomic E-state index is 13.3. The van der Waals surface area contributed by atoms with Crippen LogP contribution in [0, 0.1) is 5.92 Å². The predicted octanol–water partition coefficient (Wildman–Crippen LogP) is 7.22. The van der Waals surface area contributed by atoms with Crippen LogP contribution in [0.4, 0.5) is 5.69 Å². The Hall–Kier alpha value is -3.31. The van der Waals surface area contributed by atoms with Crippen molar-refractivity contribution in [2.75, 3.05) is 5.32 Å². The second-order valence-electron chi connectivity index (χ2n) is 10.7. The van der Waals surface area contributed by atoms with Crippen molar-refractivity contribution >= 4 is 11.7 Å². The summed E-state index contributed by atoms with van der Waals surface area (Å²) in [6.45, 7) is 5.09. The molecular weight excluding hydrogens is 462 g/mol. The summed E-state index contributed by atoms with van der Waals surface area (Å²) in [5, 5.41) is 3.51. The predicted molar refractivity (Wildman–Crippen MR) is 145 cm³/mol. The van der Waals surface area contributed by atoms with Crippen molar-refractivity contribution in [3.05, 3.63) is 95.6 Å². The van der Waals surface area contributed by atoms with E-state index >= 15 is 0 Å². The van der Waals surface area contributed by atoms with E-state index in [0.717, 1.165) is 48.2 Å². The van der Waals surface area contributed by atoms with Crippen LogP contribution in [0.25, 0.3) is 0 Å². The van der Waals surface area contributed by atoms with Crippen LogP contribution in [0.3, 0.4) is 0 Å². The largest absolute Gasteiger partial charge is 0.483 e. The smallest absolute Gasteiger partial charge is 0.309 e. The minimum Gasteiger partial charge on any atom is -0.483 e. The first-order valence-electron chi connectivity index (χ1n) is 13.5. The van der Waals surface area contributed by atoms with Gasteiger partial charge in [0.1, 0.15) is 17.5 Å². The first kappa shape index (κ1) is 25.3. The molecule has 0 radical (unpaired) electrons. The van der Waals surface area contributed by atoms with Crippen LogP contribution < -0.4 is 10.1 Å². The standard InChI is InChI=1S/C32H37NO4/c1-32(2)30(36-31(34)25-16-10-5-11-17-25)29(35-22-24-14-8-4-9-15-24)27-20-26(18-19-28(27)37-32)33-21-23-12-6-3-7-13-23/h3-4,6-9,12-15,18-20,25,29-30,33H,5,10-11,16-17,21-22H2,1-2H3. The molecule has 5 rings (SSSR count). The highest BCUT2D eigenvalue weighted by Gasteiger charge is 2.48. The number of anilines is 1. The number of hydrogen-bond donors (Lipinski definition) is 1. The Kier molecular flexibility index (Phi) is 7.80. The third-order valence-electron chi connectivity index (χ3n) is 7.44. The zero-order valence-electron chi connectivity index (χ0n) is 21.8. The topological polar surface area (TPSA) is 56.8 Å². The molecule has 0 amide bonds. The molecular formula is C32H37NO4. The number of fused-ring (bicyclic) bond motifs is 1. The average molecular weight is 500 g/mol. The van der Waals surface area contributed by atoms with Crippen molar-refractivity contribution in [2.45, 2.75) is 76.9 Å². The molecule has 0 aromatic heterocycles. The fourth-order valence-corrected chi connectivity index (χ4v) is 5.34. The SMILES string of the molecule is CC1(C)Oc2ccc(NCc3ccccc3)cc2C(OCc2ccccc2)C1OC(=O)C1CCCCC1. The Morgan fingerprint density at radius 2 is 1.59 bits per heavy atom. The highest BCUT2D eigenvalue weighted by Crippen LogP contribution is 2.45. The second kappa shape index (κ2) is 11.4. The van der Waals surface area contributed by atoms with Gasteiger partial charge in [0, 0.05) is 17.8 Å². The zero-order valence-corrected chi connectivity index (χ0v) is 21.8. The number of carbonyl (C=O) groups is 1. The molecule has 2 unspecified atom stereocenters. The molecule has 37 heavy (non-hydrogen) atoms. The molecule has 3 aromatic carbocycles. The zero-order chi connectivity index (χ0) is 25.7. The Morgan fingerprint density at radius 3 is 2.30 bits per heavy atom. The number of ether oxygens (including phenoxy) is 3. The molecule has 1 heterocycles. The molecule has 0 bridgehead atoms. The molecule has 5 heteroatoms. The van der Waals surface area contributed by atoms with Gasteiger partial charge < -0.3 is 19.5 Å². The van der Waals surface area contributed by atoms with Gasteiger partial charge in [-0.25, -0.2) is 0 Å². The van der Waals surface area contributed by atoms with Gasteiger partial charge in [-0.3, -0.25) is 4.79 Å². The quantitative estimate of drug-likeness (QED) is 0.332. The van der Waals surface area contributed by atoms with Gasteiger partial charge in [0.2, 0.25) is 0 Å². The molecule has 1 aliphatic carbocycles. The van der Waals surface area contributed by atoms with Gasteiger partial charge in [-0.2, -0.15) is 0 Å². The number of hydrogen-bond acceptors (Lipinski definition) is 5. The van der Waals surface area contributed by atoms with Crippen LogP contribution in [-0.4, -0.2) is 17.7 Å². The first-order chi connectivity index (χ1) is 18.0. The maximum atomic E-state index is 13.3. The van der Waals surface area contributed by atoms with Crippen molar-refractivity contribution in [2.24, 2.45) is 5.92 Å². The Bertz CT molecular complexity index is 1170. The summed E-state index contributed by atoms with van der Waals surface area (Å²) in [5.74, 6) is 0.592. The Balaban J connectivity index is 1.42. The normalized spacial score (nSPS) is 20.9. The van der Waals surface area contributed by atoms with Gasteiger partial charge in [-0.15, -0.1) is 0 Å². The number of rotatable bonds is 8. The van der Waals surface area contributed by atoms with Gasteiger partial charge in [0.05, 0.1) is 12.5 Å². The summed E-state index contributed by atoms with van der Waals surface area (Å²) in [4.78, 5) is 13.3. The van der Waals surface area contributed by atoms with Crippen LogP contribution in [0.5, 0.6) is 5.75 Å². The van der Waals surface area contributed by atoms with E-state index in [1.807, 2.05) is 74.5 Å². The van der Waals surface area contributed by atoms with Crippen molar-refractivity contribution in [3.63, 3.8) is 0 Å². The minimum atomic E-state index is -0.738. The molecule has 194 valence electrons. The molecule has 1 saturated carbocycles. The fourth-order valence-electron chi connectivity index (χ4n) is 5.34. The molecule has 5 nitrogen and oxygen atoms in total. The molecule has 3 aromatic rings. The Labute approximate surface area is 220 Å². The molecule has 2 aliphatic rings. The van der Waals surface area contributed by atoms with E-state index in [-0.39, 0.29) is 11.9 Å². The van der Waals surface area contributed by atoms with E-state index < -0.39 is 17.8 Å². The lowest BCUT2D eigenvalue weighted by Crippen LogP contribution is -2.52. The lowest BCUT2D eigenvalue weighted by molar-refractivity contribution is -0.190. The van der Waals surface area contributed by atoms with E-state index in [2.05, 4.69) is 23.5 Å². The van der Waals surface area contributed by atoms with Crippen molar-refractivity contribution < 1.29 is 19.0 Å². The van der Waals surface area contributed by atoms with E-state index in [0.29, 0.717) is 13.2 Å². The number of benzene rings is 3. The maximum Gasteiger partial charge on any atom is 0.309 e. The minimum absolute atomic E-state index is 0.0420. The highest BCUT2D eigenvalue weighted by atomic mass is 16.6. The van der Waals surface area contributed by atoms with Crippen molar-refractivity contribution in [3.8, 4) is 5.75 Å². The average Bonchev–Trinajstić information content (AvgIpc) is 2.93. The molecule has 1 fully saturated rings. The van der Waals surface area contributed by atoms with Crippen LogP contribution in [0.1, 0.15) is 68.7 Å². The van der Waals surface area contributed by atoms with Gasteiger partial charge >= 0.3 is 5.97 Å². The monoisotopic (exact) mass is 499 g/mol. The molecule has 0 saturated heterocycles. The molecule has 1 aliphatic heterocycles. The summed E-state index contributed by atoms with van der Waals surface area (Å²) in [5.41, 5.74) is 3.40. The van der Waals surface area contributed by atoms with Crippen LogP contribution >= 0.6 is 0 Å². The van der Waals surface area contributed by atoms with Crippen molar-refractivity contribution in [1.82, 2.24) is 0 Å². The molecule has 1 N–H and O–H groups in total. The Morgan fingerprint density at radius 1 is 0.919 bits per heavy atom. The summed E-state index contributed by atoms with van der Waals surface area (Å²) >= 11 is 0. The third-order valence-corrected chi connectivity index (χ3v) is 7.44. The van der Waals surface area contributed by atoms with Crippen LogP contribution in [-0.2, 0) is 27.4 Å². The van der Waals surface area contributed by atoms with E-state index in [1.165, 1.54) is 12.0 Å². The van der Waals surface area contributed by atoms with Crippen LogP contribution in [0.2, 0.25) is 0 Å². The molecule has 2 atom stereocenters. The van der Waals surface area contributed by atoms with Crippen molar-refractivity contribution in [1.29, 1.82) is 0 Å². The summed E-state index contributed by atoms with van der Waals surface area (Å²) < 4.78 is 19.3. The van der Waals surface area contributed by atoms with Gasteiger partial charge in [0.15, 0.2) is 6.10 Å². The van der Waals surface area contributed by atoms with Gasteiger partial charge in [-0.1, -0.05) is 79.9 Å². The third kappa shape index (κ3) is 6.16. The van der Waals surface area contributed by atoms with E-state index in [9.17, 15) is 4.79 Å². The highest BCUT2D eigenvalue weighted by molar-refractivity contribution is 5.73.